The van der Waals surface area contributed by atoms with Gasteiger partial charge in [-0.05, 0) is 38.7 Å². The lowest BCUT2D eigenvalue weighted by Crippen LogP contribution is -2.34. The van der Waals surface area contributed by atoms with Gasteiger partial charge in [-0.3, -0.25) is 0 Å². The van der Waals surface area contributed by atoms with Crippen LogP contribution in [0.25, 0.3) is 0 Å². The smallest absolute Gasteiger partial charge is 0.131 e. The quantitative estimate of drug-likeness (QED) is 0.854. The highest BCUT2D eigenvalue weighted by Crippen LogP contribution is 2.29. The number of aromatic hydroxyl groups is 1. The van der Waals surface area contributed by atoms with E-state index in [2.05, 4.69) is 12.2 Å². The molecular weight excluding hydrogens is 229 g/mol. The summed E-state index contributed by atoms with van der Waals surface area (Å²) in [6.07, 6.45) is 5.19. The average molecular weight is 251 g/mol. The summed E-state index contributed by atoms with van der Waals surface area (Å²) in [6, 6.07) is 4.76. The van der Waals surface area contributed by atoms with E-state index in [0.717, 1.165) is 0 Å². The standard InChI is InChI=1S/C15H22FNO/c1-10(12-5-3-4-6-12)17-11(2)14-8-7-13(18)9-15(14)16/h7-12,17-18H,3-6H2,1-2H3/t10-,11?/m0/s1. The molecule has 18 heavy (non-hydrogen) atoms. The Hall–Kier alpha value is -1.09. The third-order valence-electron chi connectivity index (χ3n) is 4.07. The Bertz CT molecular complexity index is 401. The van der Waals surface area contributed by atoms with Gasteiger partial charge >= 0.3 is 0 Å². The first kappa shape index (κ1) is 13.3. The van der Waals surface area contributed by atoms with Gasteiger partial charge in [0.2, 0.25) is 0 Å². The summed E-state index contributed by atoms with van der Waals surface area (Å²) in [7, 11) is 0. The highest BCUT2D eigenvalue weighted by molar-refractivity contribution is 5.29. The minimum atomic E-state index is -0.339. The van der Waals surface area contributed by atoms with Crippen molar-refractivity contribution in [3.8, 4) is 5.75 Å². The van der Waals surface area contributed by atoms with E-state index in [1.165, 1.54) is 37.8 Å². The number of benzene rings is 1. The maximum atomic E-state index is 13.7. The maximum absolute atomic E-state index is 13.7. The molecule has 1 aliphatic carbocycles. The molecule has 1 aromatic rings. The van der Waals surface area contributed by atoms with Gasteiger partial charge < -0.3 is 10.4 Å². The molecular formula is C15H22FNO. The van der Waals surface area contributed by atoms with Crippen LogP contribution in [0.3, 0.4) is 0 Å². The number of halogens is 1. The van der Waals surface area contributed by atoms with Crippen molar-refractivity contribution < 1.29 is 9.50 Å². The summed E-state index contributed by atoms with van der Waals surface area (Å²) in [5.41, 5.74) is 0.623. The third kappa shape index (κ3) is 3.02. The molecule has 1 aliphatic rings. The van der Waals surface area contributed by atoms with Crippen LogP contribution in [0, 0.1) is 11.7 Å². The van der Waals surface area contributed by atoms with Crippen molar-refractivity contribution in [1.82, 2.24) is 5.32 Å². The third-order valence-corrected chi connectivity index (χ3v) is 4.07. The van der Waals surface area contributed by atoms with E-state index >= 15 is 0 Å². The normalized spacial score (nSPS) is 19.9. The van der Waals surface area contributed by atoms with E-state index in [9.17, 15) is 9.50 Å². The molecule has 0 aromatic heterocycles. The molecule has 0 aliphatic heterocycles. The molecule has 0 spiro atoms. The van der Waals surface area contributed by atoms with Crippen LogP contribution in [0.4, 0.5) is 4.39 Å². The van der Waals surface area contributed by atoms with Crippen molar-refractivity contribution in [3.63, 3.8) is 0 Å². The van der Waals surface area contributed by atoms with E-state index in [1.54, 1.807) is 6.07 Å². The van der Waals surface area contributed by atoms with E-state index in [4.69, 9.17) is 0 Å². The lowest BCUT2D eigenvalue weighted by molar-refractivity contribution is 0.348. The predicted molar refractivity (Wildman–Crippen MR) is 71.0 cm³/mol. The second-order valence-electron chi connectivity index (χ2n) is 5.43. The molecule has 2 nitrogen and oxygen atoms in total. The Morgan fingerprint density at radius 2 is 1.94 bits per heavy atom. The molecule has 1 fully saturated rings. The minimum absolute atomic E-state index is 0.0210. The monoisotopic (exact) mass is 251 g/mol. The average Bonchev–Trinajstić information content (AvgIpc) is 2.81. The number of nitrogens with one attached hydrogen (secondary N) is 1. The van der Waals surface area contributed by atoms with Crippen molar-refractivity contribution in [1.29, 1.82) is 0 Å². The summed E-state index contributed by atoms with van der Waals surface area (Å²) in [5, 5.41) is 12.7. The Kier molecular flexibility index (Phi) is 4.23. The summed E-state index contributed by atoms with van der Waals surface area (Å²) in [5.74, 6) is 0.355. The van der Waals surface area contributed by atoms with Gasteiger partial charge in [0.1, 0.15) is 11.6 Å². The fraction of sp³-hybridized carbons (Fsp3) is 0.600. The van der Waals surface area contributed by atoms with Crippen LogP contribution in [-0.4, -0.2) is 11.1 Å². The Balaban J connectivity index is 2.00. The fourth-order valence-electron chi connectivity index (χ4n) is 2.94. The minimum Gasteiger partial charge on any atom is -0.508 e. The van der Waals surface area contributed by atoms with Crippen molar-refractivity contribution in [2.24, 2.45) is 5.92 Å². The molecule has 1 unspecified atom stereocenters. The van der Waals surface area contributed by atoms with Crippen molar-refractivity contribution in [2.75, 3.05) is 0 Å². The lowest BCUT2D eigenvalue weighted by atomic mass is 9.97. The van der Waals surface area contributed by atoms with Gasteiger partial charge in [-0.1, -0.05) is 18.9 Å². The molecule has 1 saturated carbocycles. The van der Waals surface area contributed by atoms with E-state index in [0.29, 0.717) is 17.5 Å². The first-order valence-corrected chi connectivity index (χ1v) is 6.82. The highest BCUT2D eigenvalue weighted by Gasteiger charge is 2.23. The van der Waals surface area contributed by atoms with Gasteiger partial charge in [-0.25, -0.2) is 4.39 Å². The molecule has 0 bridgehead atoms. The van der Waals surface area contributed by atoms with Gasteiger partial charge in [-0.2, -0.15) is 0 Å². The van der Waals surface area contributed by atoms with Crippen LogP contribution in [0.1, 0.15) is 51.1 Å². The zero-order chi connectivity index (χ0) is 13.1. The van der Waals surface area contributed by atoms with E-state index < -0.39 is 0 Å². The maximum Gasteiger partial charge on any atom is 0.131 e. The number of hydrogen-bond donors (Lipinski definition) is 2. The van der Waals surface area contributed by atoms with Crippen molar-refractivity contribution in [3.05, 3.63) is 29.6 Å². The topological polar surface area (TPSA) is 32.3 Å². The van der Waals surface area contributed by atoms with Crippen molar-refractivity contribution >= 4 is 0 Å². The molecule has 3 heteroatoms. The number of rotatable bonds is 4. The SMILES string of the molecule is CC(N[C@@H](C)C1CCCC1)c1ccc(O)cc1F. The first-order valence-electron chi connectivity index (χ1n) is 6.82. The van der Waals surface area contributed by atoms with Crippen LogP contribution < -0.4 is 5.32 Å². The molecule has 2 rings (SSSR count). The second kappa shape index (κ2) is 5.70. The molecule has 2 N–H and O–H groups in total. The zero-order valence-corrected chi connectivity index (χ0v) is 11.1. The largest absolute Gasteiger partial charge is 0.508 e. The first-order chi connectivity index (χ1) is 8.58. The predicted octanol–water partition coefficient (Wildman–Crippen LogP) is 3.76. The highest BCUT2D eigenvalue weighted by atomic mass is 19.1. The summed E-state index contributed by atoms with van der Waals surface area (Å²) < 4.78 is 13.7. The Labute approximate surface area is 108 Å². The van der Waals surface area contributed by atoms with Crippen LogP contribution >= 0.6 is 0 Å². The molecule has 0 radical (unpaired) electrons. The number of phenols is 1. The van der Waals surface area contributed by atoms with Crippen LogP contribution in [0.15, 0.2) is 18.2 Å². The molecule has 0 amide bonds. The fourth-order valence-corrected chi connectivity index (χ4v) is 2.94. The zero-order valence-electron chi connectivity index (χ0n) is 11.1. The molecule has 0 heterocycles. The van der Waals surface area contributed by atoms with Gasteiger partial charge in [0, 0.05) is 23.7 Å². The summed E-state index contributed by atoms with van der Waals surface area (Å²) >= 11 is 0. The number of hydrogen-bond acceptors (Lipinski definition) is 2. The Morgan fingerprint density at radius 1 is 1.28 bits per heavy atom. The van der Waals surface area contributed by atoms with Crippen LogP contribution in [0.5, 0.6) is 5.75 Å². The van der Waals surface area contributed by atoms with Gasteiger partial charge in [0.25, 0.3) is 0 Å². The second-order valence-corrected chi connectivity index (χ2v) is 5.43. The molecule has 100 valence electrons. The van der Waals surface area contributed by atoms with Crippen molar-refractivity contribution in [2.45, 2.75) is 51.6 Å². The summed E-state index contributed by atoms with van der Waals surface area (Å²) in [4.78, 5) is 0. The number of phenolic OH excluding ortho intramolecular Hbond substituents is 1. The molecule has 1 aromatic carbocycles. The van der Waals surface area contributed by atoms with Gasteiger partial charge in [0.05, 0.1) is 0 Å². The van der Waals surface area contributed by atoms with Crippen LogP contribution in [0.2, 0.25) is 0 Å². The molecule has 0 saturated heterocycles. The lowest BCUT2D eigenvalue weighted by Gasteiger charge is -2.25. The van der Waals surface area contributed by atoms with E-state index in [-0.39, 0.29) is 17.6 Å². The van der Waals surface area contributed by atoms with Gasteiger partial charge in [0.15, 0.2) is 0 Å². The molecule has 2 atom stereocenters. The van der Waals surface area contributed by atoms with E-state index in [1.807, 2.05) is 6.92 Å². The summed E-state index contributed by atoms with van der Waals surface area (Å²) in [6.45, 7) is 4.16. The van der Waals surface area contributed by atoms with Gasteiger partial charge in [-0.15, -0.1) is 0 Å². The van der Waals surface area contributed by atoms with Crippen LogP contribution in [-0.2, 0) is 0 Å². The Morgan fingerprint density at radius 3 is 2.56 bits per heavy atom.